The first-order valence-corrected chi connectivity index (χ1v) is 16.8. The largest absolute Gasteiger partial charge is 0.508 e. The third-order valence-electron chi connectivity index (χ3n) is 7.60. The Morgan fingerprint density at radius 1 is 0.780 bits per heavy atom. The highest BCUT2D eigenvalue weighted by atomic mass is 16.3. The van der Waals surface area contributed by atoms with Crippen molar-refractivity contribution in [3.8, 4) is 5.75 Å². The Kier molecular flexibility index (Phi) is 16.6. The van der Waals surface area contributed by atoms with Crippen LogP contribution in [0.3, 0.4) is 0 Å². The molecule has 0 radical (unpaired) electrons. The number of nitrogens with one attached hydrogen (secondary N) is 6. The number of amides is 5. The Bertz CT molecular complexity index is 1550. The Labute approximate surface area is 292 Å². The van der Waals surface area contributed by atoms with E-state index < -0.39 is 18.0 Å². The van der Waals surface area contributed by atoms with Crippen molar-refractivity contribution in [3.05, 3.63) is 95.6 Å². The van der Waals surface area contributed by atoms with E-state index in [2.05, 4.69) is 36.9 Å². The van der Waals surface area contributed by atoms with Crippen LogP contribution in [0.1, 0.15) is 55.2 Å². The third-order valence-corrected chi connectivity index (χ3v) is 7.60. The van der Waals surface area contributed by atoms with Crippen molar-refractivity contribution < 1.29 is 24.3 Å². The number of nitrogens with zero attached hydrogens (tertiary/aromatic N) is 1. The lowest BCUT2D eigenvalue weighted by atomic mass is 9.89. The van der Waals surface area contributed by atoms with Crippen molar-refractivity contribution in [1.29, 1.82) is 0 Å². The van der Waals surface area contributed by atoms with E-state index in [9.17, 15) is 24.3 Å². The van der Waals surface area contributed by atoms with Gasteiger partial charge < -0.3 is 48.5 Å². The van der Waals surface area contributed by atoms with Crippen LogP contribution in [0.25, 0.3) is 0 Å². The number of benzene rings is 3. The second kappa shape index (κ2) is 21.4. The summed E-state index contributed by atoms with van der Waals surface area (Å²) in [6, 6.07) is 21.9. The molecule has 0 aromatic heterocycles. The number of aromatic hydroxyl groups is 1. The van der Waals surface area contributed by atoms with Gasteiger partial charge >= 0.3 is 6.03 Å². The van der Waals surface area contributed by atoms with E-state index in [1.54, 1.807) is 19.1 Å². The van der Waals surface area contributed by atoms with Gasteiger partial charge in [0.25, 0.3) is 0 Å². The first-order chi connectivity index (χ1) is 24.2. The number of guanidine groups is 1. The molecule has 3 aromatic carbocycles. The summed E-state index contributed by atoms with van der Waals surface area (Å²) in [5, 5.41) is 26.9. The fourth-order valence-corrected chi connectivity index (χ4v) is 4.96. The topological polar surface area (TPSA) is 225 Å². The molecule has 0 saturated heterocycles. The van der Waals surface area contributed by atoms with E-state index in [4.69, 9.17) is 11.5 Å². The molecule has 0 heterocycles. The van der Waals surface area contributed by atoms with Gasteiger partial charge in [0.1, 0.15) is 11.8 Å². The number of aliphatic imine (C=N–C) groups is 1. The van der Waals surface area contributed by atoms with E-state index in [1.165, 1.54) is 12.1 Å². The molecule has 0 spiro atoms. The summed E-state index contributed by atoms with van der Waals surface area (Å²) in [4.78, 5) is 54.7. The highest BCUT2D eigenvalue weighted by molar-refractivity contribution is 5.93. The normalized spacial score (nSPS) is 12.2. The standard InChI is InChI=1S/C36H49N9O5/c1-2-31(47)40-21-22-42-36(50)45-35(38)41-19-7-13-30(33(48)43-24-25-14-16-29(46)17-15-25)44-34(49)32(26-9-4-3-5-10-26)27-11-6-12-28(23-27)39-20-8-18-37/h3-6,9-12,14-17,23,30,32,39,46H,2,7-8,13,18-22,24,37H2,1H3,(H,40,47)(H,43,48)(H,44,49)(H4,38,41,42,45,50)/t30-,32?/m1/s1. The van der Waals surface area contributed by atoms with E-state index >= 15 is 0 Å². The molecule has 11 N–H and O–H groups in total. The van der Waals surface area contributed by atoms with Gasteiger partial charge in [-0.15, -0.1) is 0 Å². The summed E-state index contributed by atoms with van der Waals surface area (Å²) in [7, 11) is 0. The number of phenolic OH excluding ortho intramolecular Hbond substituents is 1. The minimum absolute atomic E-state index is 0.110. The SMILES string of the molecule is CCC(=O)NCCNC(=O)/N=C(/N)NCCC[C@@H](NC(=O)C(c1ccccc1)c1cccc(NCCCN)c1)C(=O)NCc1ccc(O)cc1. The van der Waals surface area contributed by atoms with Gasteiger partial charge in [0, 0.05) is 44.8 Å². The number of rotatable bonds is 19. The Morgan fingerprint density at radius 3 is 2.22 bits per heavy atom. The van der Waals surface area contributed by atoms with Gasteiger partial charge in [0.15, 0.2) is 5.96 Å². The number of hydrogen-bond donors (Lipinski definition) is 9. The molecule has 14 heteroatoms. The van der Waals surface area contributed by atoms with Gasteiger partial charge in [-0.05, 0) is 66.8 Å². The molecular formula is C36H49N9O5. The van der Waals surface area contributed by atoms with Gasteiger partial charge in [-0.25, -0.2) is 4.79 Å². The van der Waals surface area contributed by atoms with Crippen LogP contribution in [0.5, 0.6) is 5.75 Å². The zero-order valence-electron chi connectivity index (χ0n) is 28.4. The highest BCUT2D eigenvalue weighted by Gasteiger charge is 2.28. The molecule has 0 aliphatic rings. The Morgan fingerprint density at radius 2 is 1.50 bits per heavy atom. The molecule has 14 nitrogen and oxygen atoms in total. The molecule has 3 aromatic rings. The molecule has 5 amide bonds. The molecule has 1 unspecified atom stereocenters. The Hall–Kier alpha value is -5.63. The lowest BCUT2D eigenvalue weighted by molar-refractivity contribution is -0.129. The van der Waals surface area contributed by atoms with Crippen LogP contribution < -0.4 is 43.4 Å². The molecule has 268 valence electrons. The molecule has 50 heavy (non-hydrogen) atoms. The first-order valence-electron chi connectivity index (χ1n) is 16.8. The summed E-state index contributed by atoms with van der Waals surface area (Å²) in [6.45, 7) is 3.91. The second-order valence-corrected chi connectivity index (χ2v) is 11.5. The maximum atomic E-state index is 14.1. The van der Waals surface area contributed by atoms with Crippen LogP contribution in [0.4, 0.5) is 10.5 Å². The number of anilines is 1. The smallest absolute Gasteiger partial charge is 0.344 e. The molecule has 3 rings (SSSR count). The van der Waals surface area contributed by atoms with Gasteiger partial charge in [0.2, 0.25) is 17.7 Å². The predicted octanol–water partition coefficient (Wildman–Crippen LogP) is 2.01. The summed E-state index contributed by atoms with van der Waals surface area (Å²) < 4.78 is 0. The van der Waals surface area contributed by atoms with Crippen molar-refractivity contribution in [1.82, 2.24) is 26.6 Å². The van der Waals surface area contributed by atoms with Crippen LogP contribution in [0.15, 0.2) is 83.9 Å². The minimum atomic E-state index is -0.904. The summed E-state index contributed by atoms with van der Waals surface area (Å²) in [5.41, 5.74) is 14.7. The number of nitrogens with two attached hydrogens (primary N) is 2. The van der Waals surface area contributed by atoms with Gasteiger partial charge in [0.05, 0.1) is 5.92 Å². The summed E-state index contributed by atoms with van der Waals surface area (Å²) >= 11 is 0. The molecule has 0 bridgehead atoms. The number of carbonyl (C=O) groups excluding carboxylic acids is 4. The van der Waals surface area contributed by atoms with Crippen molar-refractivity contribution >= 4 is 35.4 Å². The molecule has 2 atom stereocenters. The zero-order valence-corrected chi connectivity index (χ0v) is 28.4. The number of phenols is 1. The van der Waals surface area contributed by atoms with Crippen molar-refractivity contribution in [3.63, 3.8) is 0 Å². The number of carbonyl (C=O) groups is 4. The van der Waals surface area contributed by atoms with Gasteiger partial charge in [-0.2, -0.15) is 4.99 Å². The number of urea groups is 1. The van der Waals surface area contributed by atoms with Crippen LogP contribution in [-0.4, -0.2) is 73.6 Å². The summed E-state index contributed by atoms with van der Waals surface area (Å²) in [6.07, 6.45) is 1.80. The molecule has 0 saturated carbocycles. The van der Waals surface area contributed by atoms with Gasteiger partial charge in [-0.3, -0.25) is 14.4 Å². The van der Waals surface area contributed by atoms with Crippen molar-refractivity contribution in [2.75, 3.05) is 38.0 Å². The second-order valence-electron chi connectivity index (χ2n) is 11.5. The molecule has 0 aliphatic carbocycles. The monoisotopic (exact) mass is 687 g/mol. The number of hydrogen-bond acceptors (Lipinski definition) is 7. The fourth-order valence-electron chi connectivity index (χ4n) is 4.96. The predicted molar refractivity (Wildman–Crippen MR) is 194 cm³/mol. The quantitative estimate of drug-likeness (QED) is 0.0510. The average molecular weight is 688 g/mol. The van der Waals surface area contributed by atoms with Crippen LogP contribution in [0, 0.1) is 0 Å². The highest BCUT2D eigenvalue weighted by Crippen LogP contribution is 2.27. The van der Waals surface area contributed by atoms with Crippen LogP contribution >= 0.6 is 0 Å². The lowest BCUT2D eigenvalue weighted by Gasteiger charge is -2.24. The first kappa shape index (κ1) is 38.8. The molecular weight excluding hydrogens is 638 g/mol. The molecule has 0 fully saturated rings. The molecule has 0 aliphatic heterocycles. The maximum absolute atomic E-state index is 14.1. The Balaban J connectivity index is 1.70. The zero-order chi connectivity index (χ0) is 36.1. The van der Waals surface area contributed by atoms with Crippen molar-refractivity contribution in [2.45, 2.75) is 51.1 Å². The van der Waals surface area contributed by atoms with Crippen molar-refractivity contribution in [2.24, 2.45) is 16.5 Å². The van der Waals surface area contributed by atoms with E-state index in [1.807, 2.05) is 54.6 Å². The minimum Gasteiger partial charge on any atom is -0.508 e. The van der Waals surface area contributed by atoms with Crippen LogP contribution in [0.2, 0.25) is 0 Å². The lowest BCUT2D eigenvalue weighted by Crippen LogP contribution is -2.48. The van der Waals surface area contributed by atoms with Crippen LogP contribution in [-0.2, 0) is 20.9 Å². The maximum Gasteiger partial charge on any atom is 0.344 e. The van der Waals surface area contributed by atoms with E-state index in [-0.39, 0.29) is 62.0 Å². The van der Waals surface area contributed by atoms with E-state index in [0.717, 1.165) is 28.8 Å². The van der Waals surface area contributed by atoms with E-state index in [0.29, 0.717) is 25.9 Å². The third kappa shape index (κ3) is 13.8. The fraction of sp³-hybridized carbons (Fsp3) is 0.361. The van der Waals surface area contributed by atoms with Gasteiger partial charge in [-0.1, -0.05) is 61.5 Å². The summed E-state index contributed by atoms with van der Waals surface area (Å²) in [5.74, 6) is -1.55. The average Bonchev–Trinajstić information content (AvgIpc) is 3.11.